The van der Waals surface area contributed by atoms with Crippen LogP contribution in [0.5, 0.6) is 0 Å². The van der Waals surface area contributed by atoms with Gasteiger partial charge in [0.25, 0.3) is 0 Å². The summed E-state index contributed by atoms with van der Waals surface area (Å²) in [4.78, 5) is 175. The van der Waals surface area contributed by atoms with Gasteiger partial charge in [0.05, 0.1) is 72.2 Å². The van der Waals surface area contributed by atoms with Crippen molar-refractivity contribution in [2.45, 2.75) is 94.0 Å². The normalized spacial score (nSPS) is 12.9. The third kappa shape index (κ3) is 32.0. The van der Waals surface area contributed by atoms with E-state index >= 15 is 0 Å². The lowest BCUT2D eigenvalue weighted by Gasteiger charge is -2.27. The monoisotopic (exact) mass is 1120 g/mol. The molecular formula is C43H77N17O18. The first kappa shape index (κ1) is 70.3. The fourth-order valence-corrected chi connectivity index (χ4v) is 6.19. The van der Waals surface area contributed by atoms with Gasteiger partial charge in [0.15, 0.2) is 0 Å². The number of nitrogens with two attached hydrogens (primary N) is 4. The van der Waals surface area contributed by atoms with Gasteiger partial charge in [-0.2, -0.15) is 0 Å². The van der Waals surface area contributed by atoms with Crippen LogP contribution in [0, 0.1) is 0 Å². The number of carbonyl (C=O) groups excluding carboxylic acids is 13. The molecule has 442 valence electrons. The van der Waals surface area contributed by atoms with E-state index in [2.05, 4.69) is 63.8 Å². The van der Waals surface area contributed by atoms with Crippen LogP contribution in [0.15, 0.2) is 0 Å². The van der Waals surface area contributed by atoms with Crippen molar-refractivity contribution in [2.24, 2.45) is 22.9 Å². The molecule has 25 N–H and O–H groups in total. The van der Waals surface area contributed by atoms with Crippen molar-refractivity contribution in [1.82, 2.24) is 69.1 Å². The average molecular weight is 1120 g/mol. The van der Waals surface area contributed by atoms with Crippen molar-refractivity contribution in [2.75, 3.05) is 91.8 Å². The SMILES string of the molecule is NCCCC[C@H](NC(=O)[C@H](CO)NC(=O)CNC(=O)CNC(=O)CNC(=O)CN)C(=O)N[C@@H](CCCCN)C(=O)N[C@@H](CCCCN)C(=O)N[C@@H](CO)C(=O)NCC(=O)NCC(=O)NCC(=O)NCC(=O)N[C@@H](CO)C(=O)O. The molecule has 13 amide bonds. The second-order valence-electron chi connectivity index (χ2n) is 16.8. The molecule has 0 bridgehead atoms. The Morgan fingerprint density at radius 3 is 0.846 bits per heavy atom. The highest BCUT2D eigenvalue weighted by atomic mass is 16.4. The number of nitrogens with one attached hydrogen (secondary N) is 13. The number of carboxylic acids is 1. The number of aliphatic hydroxyl groups excluding tert-OH is 3. The molecule has 0 aliphatic carbocycles. The standard InChI is InChI=1S/C43H77N17O18/c44-10-4-1-7-24(57-40(74)25(8-2-5-11-45)59-42(76)28(22-62)55-36(70)19-52-33(67)16-49-31(65)14-48-30(64)13-47)39(73)58-26(9-3-6-12-46)41(75)60-27(21-61)38(72)54-18-35(69)51-15-32(66)50-17-34(68)53-20-37(71)56-29(23-63)43(77)78/h24-29,61-63H,1-23,44-47H2,(H,48,64)(H,49,65)(H,50,66)(H,51,69)(H,52,67)(H,53,68)(H,54,72)(H,55,70)(H,56,71)(H,57,74)(H,58,73)(H,59,76)(H,60,75)(H,77,78)/t24-,25-,26-,27-,28-,29-/m0/s1. The molecule has 6 atom stereocenters. The van der Waals surface area contributed by atoms with Crippen LogP contribution in [-0.2, 0) is 67.1 Å². The van der Waals surface area contributed by atoms with Gasteiger partial charge in [-0.15, -0.1) is 0 Å². The molecular weight excluding hydrogens is 1040 g/mol. The van der Waals surface area contributed by atoms with Crippen LogP contribution >= 0.6 is 0 Å². The molecule has 78 heavy (non-hydrogen) atoms. The third-order valence-electron chi connectivity index (χ3n) is 10.5. The molecule has 0 unspecified atom stereocenters. The highest BCUT2D eigenvalue weighted by Crippen LogP contribution is 2.09. The lowest BCUT2D eigenvalue weighted by molar-refractivity contribution is -0.143. The van der Waals surface area contributed by atoms with Crippen molar-refractivity contribution in [3.05, 3.63) is 0 Å². The highest BCUT2D eigenvalue weighted by molar-refractivity contribution is 5.98. The topological polar surface area (TPSA) is 580 Å². The van der Waals surface area contributed by atoms with Crippen molar-refractivity contribution in [1.29, 1.82) is 0 Å². The molecule has 0 saturated carbocycles. The predicted molar refractivity (Wildman–Crippen MR) is 269 cm³/mol. The molecule has 0 saturated heterocycles. The smallest absolute Gasteiger partial charge is 0.328 e. The Morgan fingerprint density at radius 1 is 0.295 bits per heavy atom. The fraction of sp³-hybridized carbons (Fsp3) is 0.674. The number of aliphatic carboxylic acids is 1. The van der Waals surface area contributed by atoms with Crippen molar-refractivity contribution in [3.63, 3.8) is 0 Å². The minimum absolute atomic E-state index is 0.0313. The van der Waals surface area contributed by atoms with Gasteiger partial charge in [0, 0.05) is 0 Å². The van der Waals surface area contributed by atoms with E-state index in [1.165, 1.54) is 0 Å². The Kier molecular flexibility index (Phi) is 37.4. The summed E-state index contributed by atoms with van der Waals surface area (Å²) in [6.07, 6.45) is 1.88. The number of rotatable bonds is 42. The van der Waals surface area contributed by atoms with Crippen LogP contribution < -0.4 is 92.1 Å². The van der Waals surface area contributed by atoms with Gasteiger partial charge in [-0.25, -0.2) is 4.79 Å². The van der Waals surface area contributed by atoms with Gasteiger partial charge in [-0.3, -0.25) is 62.3 Å². The first-order chi connectivity index (χ1) is 37.1. The predicted octanol–water partition coefficient (Wildman–Crippen LogP) is -12.9. The Balaban J connectivity index is 5.74. The van der Waals surface area contributed by atoms with Gasteiger partial charge in [0.2, 0.25) is 76.8 Å². The molecule has 0 fully saturated rings. The number of hydrogen-bond acceptors (Lipinski definition) is 21. The Labute approximate surface area is 447 Å². The minimum Gasteiger partial charge on any atom is -0.480 e. The van der Waals surface area contributed by atoms with Crippen molar-refractivity contribution < 1.29 is 87.5 Å². The van der Waals surface area contributed by atoms with E-state index in [1.807, 2.05) is 5.32 Å². The summed E-state index contributed by atoms with van der Waals surface area (Å²) < 4.78 is 0. The lowest BCUT2D eigenvalue weighted by Crippen LogP contribution is -2.60. The number of amides is 13. The summed E-state index contributed by atoms with van der Waals surface area (Å²) in [6.45, 7) is -7.17. The molecule has 0 aromatic carbocycles. The summed E-state index contributed by atoms with van der Waals surface area (Å²) >= 11 is 0. The molecule has 0 aliphatic rings. The lowest BCUT2D eigenvalue weighted by atomic mass is 10.0. The van der Waals surface area contributed by atoms with E-state index in [9.17, 15) is 77.3 Å². The van der Waals surface area contributed by atoms with Gasteiger partial charge in [0.1, 0.15) is 36.3 Å². The maximum absolute atomic E-state index is 13.9. The summed E-state index contributed by atoms with van der Waals surface area (Å²) in [6, 6.07) is -9.08. The van der Waals surface area contributed by atoms with E-state index in [4.69, 9.17) is 33.1 Å². The van der Waals surface area contributed by atoms with Crippen LogP contribution in [-0.4, -0.2) is 231 Å². The first-order valence-corrected chi connectivity index (χ1v) is 24.6. The summed E-state index contributed by atoms with van der Waals surface area (Å²) in [5.41, 5.74) is 22.1. The molecule has 0 rings (SSSR count). The van der Waals surface area contributed by atoms with Crippen LogP contribution in [0.2, 0.25) is 0 Å². The Hall–Kier alpha value is -7.70. The average Bonchev–Trinajstić information content (AvgIpc) is 3.41. The van der Waals surface area contributed by atoms with Gasteiger partial charge in [-0.05, 0) is 77.4 Å². The second-order valence-corrected chi connectivity index (χ2v) is 16.8. The Morgan fingerprint density at radius 2 is 0.551 bits per heavy atom. The third-order valence-corrected chi connectivity index (χ3v) is 10.5. The molecule has 0 spiro atoms. The van der Waals surface area contributed by atoms with E-state index in [0.29, 0.717) is 19.3 Å². The van der Waals surface area contributed by atoms with Crippen LogP contribution in [0.4, 0.5) is 0 Å². The van der Waals surface area contributed by atoms with E-state index < -0.39 is 185 Å². The minimum atomic E-state index is -1.69. The molecule has 0 aromatic heterocycles. The van der Waals surface area contributed by atoms with Gasteiger partial charge < -0.3 is 112 Å². The molecule has 35 heteroatoms. The number of hydrogen-bond donors (Lipinski definition) is 21. The van der Waals surface area contributed by atoms with Crippen LogP contribution in [0.3, 0.4) is 0 Å². The summed E-state index contributed by atoms with van der Waals surface area (Å²) in [5.74, 6) is -13.1. The zero-order valence-corrected chi connectivity index (χ0v) is 43.0. The molecule has 0 aliphatic heterocycles. The molecule has 35 nitrogen and oxygen atoms in total. The molecule has 0 heterocycles. The number of carboxylic acid groups (broad SMARTS) is 1. The molecule has 0 aromatic rings. The summed E-state index contributed by atoms with van der Waals surface area (Å²) in [5, 5.41) is 67.0. The maximum Gasteiger partial charge on any atom is 0.328 e. The van der Waals surface area contributed by atoms with E-state index in [0.717, 1.165) is 0 Å². The zero-order valence-electron chi connectivity index (χ0n) is 43.0. The highest BCUT2D eigenvalue weighted by Gasteiger charge is 2.32. The quantitative estimate of drug-likeness (QED) is 0.0252. The van der Waals surface area contributed by atoms with Crippen molar-refractivity contribution >= 4 is 82.8 Å². The number of aliphatic hydroxyl groups is 3. The van der Waals surface area contributed by atoms with E-state index in [-0.39, 0.29) is 64.7 Å². The van der Waals surface area contributed by atoms with E-state index in [1.54, 1.807) is 0 Å². The fourth-order valence-electron chi connectivity index (χ4n) is 6.19. The number of unbranched alkanes of at least 4 members (excludes halogenated alkanes) is 3. The number of carbonyl (C=O) groups is 14. The first-order valence-electron chi connectivity index (χ1n) is 24.6. The molecule has 0 radical (unpaired) electrons. The maximum atomic E-state index is 13.9. The van der Waals surface area contributed by atoms with Crippen LogP contribution in [0.25, 0.3) is 0 Å². The van der Waals surface area contributed by atoms with Gasteiger partial charge >= 0.3 is 5.97 Å². The summed E-state index contributed by atoms with van der Waals surface area (Å²) in [7, 11) is 0. The van der Waals surface area contributed by atoms with Gasteiger partial charge in [-0.1, -0.05) is 0 Å². The zero-order chi connectivity index (χ0) is 59.0. The largest absolute Gasteiger partial charge is 0.480 e. The second kappa shape index (κ2) is 41.5. The Bertz CT molecular complexity index is 2020. The van der Waals surface area contributed by atoms with Crippen LogP contribution in [0.1, 0.15) is 57.8 Å². The van der Waals surface area contributed by atoms with Crippen molar-refractivity contribution in [3.8, 4) is 0 Å².